The molecule has 2 atom stereocenters. The number of nitrogens with zero attached hydrogens (tertiary/aromatic N) is 2. The molecule has 1 aromatic heterocycles. The SMILES string of the molecule is O=C(O)N1CCC(COc2noc3cccc(O[C@@H]4CCC[C@@H]4O)c23)CC1. The van der Waals surface area contributed by atoms with E-state index in [1.165, 1.54) is 4.90 Å². The molecule has 1 saturated heterocycles. The Bertz CT molecular complexity index is 799. The van der Waals surface area contributed by atoms with Crippen molar-refractivity contribution >= 4 is 17.1 Å². The number of ether oxygens (including phenoxy) is 2. The van der Waals surface area contributed by atoms with E-state index in [0.717, 1.165) is 32.1 Å². The van der Waals surface area contributed by atoms with Crippen LogP contribution in [0, 0.1) is 5.92 Å². The summed E-state index contributed by atoms with van der Waals surface area (Å²) in [5.74, 6) is 1.27. The maximum atomic E-state index is 11.0. The molecule has 2 N–H and O–H groups in total. The van der Waals surface area contributed by atoms with E-state index in [1.807, 2.05) is 12.1 Å². The predicted octanol–water partition coefficient (Wildman–Crippen LogP) is 2.89. The number of aliphatic hydroxyl groups excluding tert-OH is 1. The Kier molecular flexibility index (Phi) is 5.07. The highest BCUT2D eigenvalue weighted by Gasteiger charge is 2.29. The van der Waals surface area contributed by atoms with Crippen LogP contribution in [-0.4, -0.2) is 58.3 Å². The molecule has 0 spiro atoms. The smallest absolute Gasteiger partial charge is 0.407 e. The molecule has 1 aromatic carbocycles. The molecule has 0 bridgehead atoms. The van der Waals surface area contributed by atoms with Gasteiger partial charge in [-0.05, 0) is 55.3 Å². The molecule has 1 aliphatic heterocycles. The number of fused-ring (bicyclic) bond motifs is 1. The minimum absolute atomic E-state index is 0.223. The lowest BCUT2D eigenvalue weighted by atomic mass is 9.98. The van der Waals surface area contributed by atoms with Gasteiger partial charge in [-0.25, -0.2) is 4.79 Å². The Morgan fingerprint density at radius 2 is 2.07 bits per heavy atom. The first kappa shape index (κ1) is 17.9. The number of hydrogen-bond donors (Lipinski definition) is 2. The zero-order valence-corrected chi connectivity index (χ0v) is 15.0. The molecule has 0 radical (unpaired) electrons. The van der Waals surface area contributed by atoms with Gasteiger partial charge in [-0.2, -0.15) is 0 Å². The Labute approximate surface area is 156 Å². The van der Waals surface area contributed by atoms with E-state index in [-0.39, 0.29) is 12.0 Å². The molecule has 4 rings (SSSR count). The van der Waals surface area contributed by atoms with Crippen molar-refractivity contribution in [2.45, 2.75) is 44.3 Å². The molecule has 0 unspecified atom stereocenters. The number of carboxylic acid groups (broad SMARTS) is 1. The minimum Gasteiger partial charge on any atom is -0.487 e. The van der Waals surface area contributed by atoms with Crippen LogP contribution in [-0.2, 0) is 0 Å². The molecule has 8 heteroatoms. The third kappa shape index (κ3) is 3.80. The Morgan fingerprint density at radius 1 is 1.26 bits per heavy atom. The number of aromatic nitrogens is 1. The van der Waals surface area contributed by atoms with Crippen molar-refractivity contribution in [3.63, 3.8) is 0 Å². The minimum atomic E-state index is -0.868. The molecule has 2 aromatic rings. The van der Waals surface area contributed by atoms with Gasteiger partial charge in [0.2, 0.25) is 0 Å². The van der Waals surface area contributed by atoms with Gasteiger partial charge in [0.15, 0.2) is 5.58 Å². The fourth-order valence-corrected chi connectivity index (χ4v) is 3.83. The van der Waals surface area contributed by atoms with Crippen molar-refractivity contribution in [2.75, 3.05) is 19.7 Å². The van der Waals surface area contributed by atoms with Crippen molar-refractivity contribution in [1.82, 2.24) is 10.1 Å². The summed E-state index contributed by atoms with van der Waals surface area (Å²) >= 11 is 0. The standard InChI is InChI=1S/C19H24N2O6/c22-13-3-1-4-14(13)26-15-5-2-6-16-17(15)18(20-27-16)25-11-12-7-9-21(10-8-12)19(23)24/h2,5-6,12-14,22H,1,3-4,7-11H2,(H,23,24)/t13-,14+/m0/s1. The zero-order chi connectivity index (χ0) is 18.8. The van der Waals surface area contributed by atoms with Crippen molar-refractivity contribution < 1.29 is 29.0 Å². The van der Waals surface area contributed by atoms with E-state index in [9.17, 15) is 9.90 Å². The zero-order valence-electron chi connectivity index (χ0n) is 15.0. The highest BCUT2D eigenvalue weighted by atomic mass is 16.5. The second kappa shape index (κ2) is 7.64. The summed E-state index contributed by atoms with van der Waals surface area (Å²) in [6, 6.07) is 5.47. The molecule has 2 heterocycles. The van der Waals surface area contributed by atoms with E-state index in [4.69, 9.17) is 19.1 Å². The number of hydrogen-bond acceptors (Lipinski definition) is 6. The van der Waals surface area contributed by atoms with Gasteiger partial charge in [0.05, 0.1) is 12.7 Å². The van der Waals surface area contributed by atoms with Crippen LogP contribution < -0.4 is 9.47 Å². The van der Waals surface area contributed by atoms with Crippen LogP contribution in [0.2, 0.25) is 0 Å². The van der Waals surface area contributed by atoms with E-state index >= 15 is 0 Å². The number of rotatable bonds is 5. The van der Waals surface area contributed by atoms with Crippen LogP contribution in [0.1, 0.15) is 32.1 Å². The van der Waals surface area contributed by atoms with E-state index < -0.39 is 12.2 Å². The summed E-state index contributed by atoms with van der Waals surface area (Å²) < 4.78 is 17.3. The predicted molar refractivity (Wildman–Crippen MR) is 96.1 cm³/mol. The van der Waals surface area contributed by atoms with Gasteiger partial charge in [0, 0.05) is 13.1 Å². The monoisotopic (exact) mass is 376 g/mol. The van der Waals surface area contributed by atoms with Crippen molar-refractivity contribution in [2.24, 2.45) is 5.92 Å². The van der Waals surface area contributed by atoms with Gasteiger partial charge in [0.25, 0.3) is 5.88 Å². The van der Waals surface area contributed by atoms with Gasteiger partial charge in [-0.3, -0.25) is 0 Å². The molecule has 8 nitrogen and oxygen atoms in total. The van der Waals surface area contributed by atoms with Crippen LogP contribution in [0.4, 0.5) is 4.79 Å². The number of benzene rings is 1. The maximum Gasteiger partial charge on any atom is 0.407 e. The van der Waals surface area contributed by atoms with Crippen LogP contribution in [0.5, 0.6) is 11.6 Å². The number of amides is 1. The fraction of sp³-hybridized carbons (Fsp3) is 0.579. The van der Waals surface area contributed by atoms with Crippen molar-refractivity contribution in [3.8, 4) is 11.6 Å². The molecule has 2 aliphatic rings. The van der Waals surface area contributed by atoms with Crippen molar-refractivity contribution in [1.29, 1.82) is 0 Å². The van der Waals surface area contributed by atoms with Gasteiger partial charge in [0.1, 0.15) is 17.2 Å². The lowest BCUT2D eigenvalue weighted by Crippen LogP contribution is -2.38. The normalized spacial score (nSPS) is 23.7. The van der Waals surface area contributed by atoms with E-state index in [2.05, 4.69) is 5.16 Å². The number of aliphatic hydroxyl groups is 1. The molecule has 1 saturated carbocycles. The lowest BCUT2D eigenvalue weighted by molar-refractivity contribution is 0.0612. The number of carbonyl (C=O) groups is 1. The molecular formula is C19H24N2O6. The van der Waals surface area contributed by atoms with Crippen LogP contribution >= 0.6 is 0 Å². The summed E-state index contributed by atoms with van der Waals surface area (Å²) in [6.45, 7) is 1.50. The molecule has 1 aliphatic carbocycles. The molecule has 2 fully saturated rings. The first-order valence-corrected chi connectivity index (χ1v) is 9.45. The largest absolute Gasteiger partial charge is 0.487 e. The average Bonchev–Trinajstić information content (AvgIpc) is 3.27. The van der Waals surface area contributed by atoms with E-state index in [1.54, 1.807) is 6.07 Å². The Morgan fingerprint density at radius 3 is 2.78 bits per heavy atom. The second-order valence-corrected chi connectivity index (χ2v) is 7.30. The topological polar surface area (TPSA) is 105 Å². The number of piperidine rings is 1. The second-order valence-electron chi connectivity index (χ2n) is 7.30. The van der Waals surface area contributed by atoms with E-state index in [0.29, 0.717) is 42.3 Å². The highest BCUT2D eigenvalue weighted by molar-refractivity contribution is 5.88. The van der Waals surface area contributed by atoms with Crippen LogP contribution in [0.3, 0.4) is 0 Å². The average molecular weight is 376 g/mol. The maximum absolute atomic E-state index is 11.0. The lowest BCUT2D eigenvalue weighted by Gasteiger charge is -2.29. The van der Waals surface area contributed by atoms with Crippen LogP contribution in [0.15, 0.2) is 22.7 Å². The number of likely N-dealkylation sites (tertiary alicyclic amines) is 1. The van der Waals surface area contributed by atoms with Gasteiger partial charge < -0.3 is 29.1 Å². The van der Waals surface area contributed by atoms with Crippen molar-refractivity contribution in [3.05, 3.63) is 18.2 Å². The molecule has 1 amide bonds. The third-order valence-corrected chi connectivity index (χ3v) is 5.47. The summed E-state index contributed by atoms with van der Waals surface area (Å²) in [6.07, 6.45) is 2.50. The summed E-state index contributed by atoms with van der Waals surface area (Å²) in [5, 5.41) is 23.8. The Hall–Kier alpha value is -2.48. The summed E-state index contributed by atoms with van der Waals surface area (Å²) in [4.78, 5) is 12.4. The van der Waals surface area contributed by atoms with Crippen LogP contribution in [0.25, 0.3) is 11.0 Å². The third-order valence-electron chi connectivity index (χ3n) is 5.47. The molecule has 146 valence electrons. The summed E-state index contributed by atoms with van der Waals surface area (Å²) in [5.41, 5.74) is 0.579. The quantitative estimate of drug-likeness (QED) is 0.826. The summed E-state index contributed by atoms with van der Waals surface area (Å²) in [7, 11) is 0. The van der Waals surface area contributed by atoms with Gasteiger partial charge in [-0.1, -0.05) is 6.07 Å². The first-order valence-electron chi connectivity index (χ1n) is 9.45. The highest BCUT2D eigenvalue weighted by Crippen LogP contribution is 2.36. The Balaban J connectivity index is 1.44. The van der Waals surface area contributed by atoms with Gasteiger partial charge >= 0.3 is 6.09 Å². The molecular weight excluding hydrogens is 352 g/mol. The molecule has 27 heavy (non-hydrogen) atoms. The van der Waals surface area contributed by atoms with Gasteiger partial charge in [-0.15, -0.1) is 0 Å². The fourth-order valence-electron chi connectivity index (χ4n) is 3.83. The first-order chi connectivity index (χ1) is 13.1.